The molecule has 1 aliphatic heterocycles. The molecule has 2 unspecified atom stereocenters. The van der Waals surface area contributed by atoms with E-state index < -0.39 is 0 Å². The summed E-state index contributed by atoms with van der Waals surface area (Å²) in [5, 5.41) is 0. The average Bonchev–Trinajstić information content (AvgIpc) is 2.91. The van der Waals surface area contributed by atoms with Gasteiger partial charge in [0.1, 0.15) is 5.76 Å². The first-order valence-electron chi connectivity index (χ1n) is 5.36. The Morgan fingerprint density at radius 1 is 1.73 bits per heavy atom. The molecule has 0 amide bonds. The van der Waals surface area contributed by atoms with Gasteiger partial charge in [-0.05, 0) is 31.4 Å². The highest BCUT2D eigenvalue weighted by Crippen LogP contribution is 2.28. The van der Waals surface area contributed by atoms with Crippen molar-refractivity contribution in [3.63, 3.8) is 0 Å². The molecule has 15 heavy (non-hydrogen) atoms. The highest BCUT2D eigenvalue weighted by molar-refractivity contribution is 7.99. The minimum absolute atomic E-state index is 0.226. The van der Waals surface area contributed by atoms with Crippen molar-refractivity contribution in [2.24, 2.45) is 5.73 Å². The Kier molecular flexibility index (Phi) is 3.72. The van der Waals surface area contributed by atoms with Crippen molar-refractivity contribution in [2.75, 3.05) is 25.1 Å². The van der Waals surface area contributed by atoms with Crippen LogP contribution in [0.2, 0.25) is 0 Å². The van der Waals surface area contributed by atoms with Gasteiger partial charge in [-0.3, -0.25) is 4.90 Å². The third kappa shape index (κ3) is 2.38. The van der Waals surface area contributed by atoms with Crippen LogP contribution < -0.4 is 5.73 Å². The van der Waals surface area contributed by atoms with Crippen LogP contribution >= 0.6 is 11.8 Å². The van der Waals surface area contributed by atoms with Gasteiger partial charge in [-0.25, -0.2) is 0 Å². The average molecular weight is 226 g/mol. The first-order chi connectivity index (χ1) is 7.33. The van der Waals surface area contributed by atoms with Crippen LogP contribution in [0.15, 0.2) is 22.8 Å². The Morgan fingerprint density at radius 2 is 2.60 bits per heavy atom. The largest absolute Gasteiger partial charge is 0.468 e. The van der Waals surface area contributed by atoms with Crippen LogP contribution in [-0.4, -0.2) is 36.0 Å². The molecule has 0 spiro atoms. The van der Waals surface area contributed by atoms with Crippen molar-refractivity contribution in [3.05, 3.63) is 24.2 Å². The quantitative estimate of drug-likeness (QED) is 0.849. The minimum Gasteiger partial charge on any atom is -0.468 e. The van der Waals surface area contributed by atoms with Crippen LogP contribution in [0, 0.1) is 0 Å². The van der Waals surface area contributed by atoms with E-state index in [2.05, 4.69) is 11.9 Å². The number of hydrogen-bond donors (Lipinski definition) is 1. The van der Waals surface area contributed by atoms with E-state index in [1.807, 2.05) is 23.9 Å². The van der Waals surface area contributed by atoms with Crippen molar-refractivity contribution in [1.29, 1.82) is 0 Å². The van der Waals surface area contributed by atoms with Crippen molar-refractivity contribution >= 4 is 11.8 Å². The first-order valence-corrected chi connectivity index (χ1v) is 6.51. The molecule has 2 rings (SSSR count). The summed E-state index contributed by atoms with van der Waals surface area (Å²) in [4.78, 5) is 2.36. The highest BCUT2D eigenvalue weighted by Gasteiger charge is 2.27. The first kappa shape index (κ1) is 11.0. The van der Waals surface area contributed by atoms with E-state index in [1.54, 1.807) is 6.26 Å². The number of thioether (sulfide) groups is 1. The van der Waals surface area contributed by atoms with E-state index in [0.29, 0.717) is 12.6 Å². The molecule has 84 valence electrons. The zero-order valence-electron chi connectivity index (χ0n) is 9.06. The van der Waals surface area contributed by atoms with Gasteiger partial charge in [0, 0.05) is 18.3 Å². The third-order valence-corrected chi connectivity index (χ3v) is 4.21. The van der Waals surface area contributed by atoms with Gasteiger partial charge in [0.25, 0.3) is 0 Å². The number of hydrogen-bond acceptors (Lipinski definition) is 4. The monoisotopic (exact) mass is 226 g/mol. The van der Waals surface area contributed by atoms with Crippen molar-refractivity contribution in [1.82, 2.24) is 4.90 Å². The van der Waals surface area contributed by atoms with E-state index in [4.69, 9.17) is 10.2 Å². The normalized spacial score (nSPS) is 23.5. The van der Waals surface area contributed by atoms with Gasteiger partial charge in [-0.15, -0.1) is 0 Å². The molecule has 1 saturated heterocycles. The number of nitrogens with two attached hydrogens (primary N) is 1. The number of likely N-dealkylation sites (N-methyl/N-ethyl adjacent to an activating group) is 1. The fourth-order valence-corrected chi connectivity index (χ4v) is 3.34. The summed E-state index contributed by atoms with van der Waals surface area (Å²) in [5.74, 6) is 3.47. The summed E-state index contributed by atoms with van der Waals surface area (Å²) < 4.78 is 5.44. The fourth-order valence-electron chi connectivity index (χ4n) is 2.06. The van der Waals surface area contributed by atoms with Gasteiger partial charge in [-0.2, -0.15) is 11.8 Å². The SMILES string of the molecule is CN(C1CCSC1)C(CN)c1ccco1. The molecule has 0 saturated carbocycles. The van der Waals surface area contributed by atoms with Crippen LogP contribution in [0.1, 0.15) is 18.2 Å². The molecule has 1 aromatic heterocycles. The van der Waals surface area contributed by atoms with Crippen molar-refractivity contribution < 1.29 is 4.42 Å². The summed E-state index contributed by atoms with van der Waals surface area (Å²) in [6, 6.07) is 4.81. The molecule has 1 aromatic rings. The molecule has 0 bridgehead atoms. The smallest absolute Gasteiger partial charge is 0.122 e. The molecular weight excluding hydrogens is 208 g/mol. The lowest BCUT2D eigenvalue weighted by Crippen LogP contribution is -2.38. The van der Waals surface area contributed by atoms with Crippen LogP contribution in [0.3, 0.4) is 0 Å². The Labute approximate surface area is 95.0 Å². The predicted molar refractivity (Wildman–Crippen MR) is 64.0 cm³/mol. The Balaban J connectivity index is 2.05. The Hall–Kier alpha value is -0.450. The Bertz CT molecular complexity index is 283. The Morgan fingerprint density at radius 3 is 3.13 bits per heavy atom. The number of nitrogens with zero attached hydrogens (tertiary/aromatic N) is 1. The maximum atomic E-state index is 5.82. The van der Waals surface area contributed by atoms with E-state index in [0.717, 1.165) is 5.76 Å². The molecule has 1 fully saturated rings. The summed E-state index contributed by atoms with van der Waals surface area (Å²) in [6.45, 7) is 0.616. The second kappa shape index (κ2) is 5.05. The lowest BCUT2D eigenvalue weighted by Gasteiger charge is -2.30. The molecule has 2 heterocycles. The van der Waals surface area contributed by atoms with E-state index in [1.165, 1.54) is 17.9 Å². The highest BCUT2D eigenvalue weighted by atomic mass is 32.2. The lowest BCUT2D eigenvalue weighted by molar-refractivity contribution is 0.171. The van der Waals surface area contributed by atoms with Gasteiger partial charge in [0.2, 0.25) is 0 Å². The van der Waals surface area contributed by atoms with Crippen LogP contribution in [0.25, 0.3) is 0 Å². The van der Waals surface area contributed by atoms with Crippen LogP contribution in [-0.2, 0) is 0 Å². The summed E-state index contributed by atoms with van der Waals surface area (Å²) in [6.07, 6.45) is 2.98. The molecule has 0 radical (unpaired) electrons. The van der Waals surface area contributed by atoms with Gasteiger partial charge in [0.05, 0.1) is 12.3 Å². The zero-order chi connectivity index (χ0) is 10.7. The second-order valence-corrected chi connectivity index (χ2v) is 5.10. The van der Waals surface area contributed by atoms with E-state index in [-0.39, 0.29) is 6.04 Å². The second-order valence-electron chi connectivity index (χ2n) is 3.95. The molecule has 0 aliphatic carbocycles. The standard InChI is InChI=1S/C11H18N2OS/c1-13(9-4-6-15-8-9)10(7-12)11-3-2-5-14-11/h2-3,5,9-10H,4,6-8,12H2,1H3. The summed E-state index contributed by atoms with van der Waals surface area (Å²) in [7, 11) is 2.15. The van der Waals surface area contributed by atoms with Crippen LogP contribution in [0.5, 0.6) is 0 Å². The van der Waals surface area contributed by atoms with Gasteiger partial charge < -0.3 is 10.2 Å². The molecule has 2 atom stereocenters. The van der Waals surface area contributed by atoms with Gasteiger partial charge >= 0.3 is 0 Å². The van der Waals surface area contributed by atoms with Gasteiger partial charge in [-0.1, -0.05) is 0 Å². The maximum absolute atomic E-state index is 5.82. The molecule has 0 aromatic carbocycles. The molecule has 1 aliphatic rings. The topological polar surface area (TPSA) is 42.4 Å². The summed E-state index contributed by atoms with van der Waals surface area (Å²) in [5.41, 5.74) is 5.82. The number of rotatable bonds is 4. The fraction of sp³-hybridized carbons (Fsp3) is 0.636. The van der Waals surface area contributed by atoms with E-state index >= 15 is 0 Å². The summed E-state index contributed by atoms with van der Waals surface area (Å²) >= 11 is 2.02. The lowest BCUT2D eigenvalue weighted by atomic mass is 10.1. The molecular formula is C11H18N2OS. The minimum atomic E-state index is 0.226. The number of furan rings is 1. The van der Waals surface area contributed by atoms with Crippen molar-refractivity contribution in [3.8, 4) is 0 Å². The molecule has 3 nitrogen and oxygen atoms in total. The van der Waals surface area contributed by atoms with Crippen molar-refractivity contribution in [2.45, 2.75) is 18.5 Å². The zero-order valence-corrected chi connectivity index (χ0v) is 9.87. The van der Waals surface area contributed by atoms with Crippen LogP contribution in [0.4, 0.5) is 0 Å². The maximum Gasteiger partial charge on any atom is 0.122 e. The van der Waals surface area contributed by atoms with E-state index in [9.17, 15) is 0 Å². The van der Waals surface area contributed by atoms with Gasteiger partial charge in [0.15, 0.2) is 0 Å². The molecule has 4 heteroatoms. The predicted octanol–water partition coefficient (Wildman–Crippen LogP) is 1.72. The third-order valence-electron chi connectivity index (χ3n) is 3.07. The molecule has 2 N–H and O–H groups in total.